The number of methoxy groups -OCH3 is 1. The van der Waals surface area contributed by atoms with Crippen LogP contribution in [0.3, 0.4) is 0 Å². The van der Waals surface area contributed by atoms with E-state index in [2.05, 4.69) is 11.4 Å². The van der Waals surface area contributed by atoms with E-state index >= 15 is 0 Å². The minimum atomic E-state index is -0.211. The van der Waals surface area contributed by atoms with E-state index in [1.807, 2.05) is 18.2 Å². The summed E-state index contributed by atoms with van der Waals surface area (Å²) >= 11 is 0. The molecular formula is C15H23ClN2O3. The maximum Gasteiger partial charge on any atom is 0.222 e. The molecule has 1 amide bonds. The van der Waals surface area contributed by atoms with Crippen molar-refractivity contribution in [3.63, 3.8) is 0 Å². The van der Waals surface area contributed by atoms with Crippen LogP contribution in [0.15, 0.2) is 24.3 Å². The van der Waals surface area contributed by atoms with Gasteiger partial charge in [-0.2, -0.15) is 0 Å². The fourth-order valence-electron chi connectivity index (χ4n) is 2.41. The Bertz CT molecular complexity index is 452. The van der Waals surface area contributed by atoms with Gasteiger partial charge in [0.1, 0.15) is 5.75 Å². The van der Waals surface area contributed by atoms with Gasteiger partial charge < -0.3 is 20.5 Å². The molecule has 3 N–H and O–H groups in total. The molecule has 2 rings (SSSR count). The minimum absolute atomic E-state index is 0. The highest BCUT2D eigenvalue weighted by Crippen LogP contribution is 2.32. The number of benzene rings is 1. The van der Waals surface area contributed by atoms with Crippen molar-refractivity contribution in [1.82, 2.24) is 5.32 Å². The minimum Gasteiger partial charge on any atom is -0.493 e. The third-order valence-corrected chi connectivity index (χ3v) is 3.64. The van der Waals surface area contributed by atoms with Crippen LogP contribution in [-0.4, -0.2) is 38.8 Å². The van der Waals surface area contributed by atoms with Gasteiger partial charge in [-0.3, -0.25) is 4.79 Å². The van der Waals surface area contributed by atoms with E-state index in [4.69, 9.17) is 15.2 Å². The number of ether oxygens (including phenoxy) is 2. The normalized spacial score (nSPS) is 17.9. The van der Waals surface area contributed by atoms with Gasteiger partial charge in [0.2, 0.25) is 5.91 Å². The van der Waals surface area contributed by atoms with Crippen LogP contribution in [0, 0.1) is 0 Å². The Hall–Kier alpha value is -1.30. The maximum absolute atomic E-state index is 11.8. The van der Waals surface area contributed by atoms with E-state index in [9.17, 15) is 4.79 Å². The van der Waals surface area contributed by atoms with Crippen molar-refractivity contribution in [3.05, 3.63) is 29.8 Å². The monoisotopic (exact) mass is 314 g/mol. The SMILES string of the molecule is COC(CN)CC(=O)NCC1CCOc2ccccc21.Cl. The average Bonchev–Trinajstić information content (AvgIpc) is 2.50. The molecule has 0 fully saturated rings. The summed E-state index contributed by atoms with van der Waals surface area (Å²) in [4.78, 5) is 11.8. The maximum atomic E-state index is 11.8. The summed E-state index contributed by atoms with van der Waals surface area (Å²) in [6.07, 6.45) is 1.01. The molecule has 0 spiro atoms. The summed E-state index contributed by atoms with van der Waals surface area (Å²) < 4.78 is 10.7. The first-order valence-electron chi connectivity index (χ1n) is 6.96. The first-order chi connectivity index (χ1) is 9.74. The number of nitrogens with one attached hydrogen (secondary N) is 1. The lowest BCUT2D eigenvalue weighted by Crippen LogP contribution is -2.35. The van der Waals surface area contributed by atoms with Crippen molar-refractivity contribution < 1.29 is 14.3 Å². The van der Waals surface area contributed by atoms with Crippen LogP contribution in [0.25, 0.3) is 0 Å². The number of fused-ring (bicyclic) bond motifs is 1. The molecule has 21 heavy (non-hydrogen) atoms. The molecular weight excluding hydrogens is 292 g/mol. The average molecular weight is 315 g/mol. The Morgan fingerprint density at radius 2 is 2.29 bits per heavy atom. The van der Waals surface area contributed by atoms with Gasteiger partial charge in [-0.15, -0.1) is 12.4 Å². The molecule has 1 aromatic rings. The van der Waals surface area contributed by atoms with Gasteiger partial charge in [-0.25, -0.2) is 0 Å². The second kappa shape index (κ2) is 8.87. The molecule has 118 valence electrons. The van der Waals surface area contributed by atoms with Gasteiger partial charge in [0, 0.05) is 26.1 Å². The molecule has 0 saturated carbocycles. The van der Waals surface area contributed by atoms with Crippen molar-refractivity contribution in [2.75, 3.05) is 26.8 Å². The molecule has 1 aliphatic rings. The number of hydrogen-bond acceptors (Lipinski definition) is 4. The fraction of sp³-hybridized carbons (Fsp3) is 0.533. The first kappa shape index (κ1) is 17.8. The third-order valence-electron chi connectivity index (χ3n) is 3.64. The topological polar surface area (TPSA) is 73.6 Å². The Morgan fingerprint density at radius 1 is 1.52 bits per heavy atom. The summed E-state index contributed by atoms with van der Waals surface area (Å²) in [6, 6.07) is 7.99. The molecule has 6 heteroatoms. The van der Waals surface area contributed by atoms with E-state index < -0.39 is 0 Å². The second-order valence-electron chi connectivity index (χ2n) is 4.97. The van der Waals surface area contributed by atoms with Gasteiger partial charge in [-0.05, 0) is 18.1 Å². The lowest BCUT2D eigenvalue weighted by molar-refractivity contribution is -0.123. The molecule has 5 nitrogen and oxygen atoms in total. The zero-order valence-corrected chi connectivity index (χ0v) is 13.0. The number of halogens is 1. The van der Waals surface area contributed by atoms with E-state index in [1.54, 1.807) is 7.11 Å². The smallest absolute Gasteiger partial charge is 0.222 e. The number of nitrogens with two attached hydrogens (primary N) is 1. The van der Waals surface area contributed by atoms with Crippen molar-refractivity contribution in [2.24, 2.45) is 5.73 Å². The Labute approximate surface area is 131 Å². The summed E-state index contributed by atoms with van der Waals surface area (Å²) in [5, 5.41) is 2.96. The van der Waals surface area contributed by atoms with Gasteiger partial charge >= 0.3 is 0 Å². The lowest BCUT2D eigenvalue weighted by atomic mass is 9.93. The zero-order chi connectivity index (χ0) is 14.4. The standard InChI is InChI=1S/C15H22N2O3.ClH/c1-19-12(9-16)8-15(18)17-10-11-6-7-20-14-5-3-2-4-13(11)14;/h2-5,11-12H,6-10,16H2,1H3,(H,17,18);1H. The summed E-state index contributed by atoms with van der Waals surface area (Å²) in [6.45, 7) is 1.67. The summed E-state index contributed by atoms with van der Waals surface area (Å²) in [7, 11) is 1.57. The number of rotatable bonds is 6. The van der Waals surface area contributed by atoms with Gasteiger partial charge in [0.25, 0.3) is 0 Å². The van der Waals surface area contributed by atoms with Gasteiger partial charge in [0.15, 0.2) is 0 Å². The molecule has 0 aliphatic carbocycles. The molecule has 0 radical (unpaired) electrons. The third kappa shape index (κ3) is 4.88. The fourth-order valence-corrected chi connectivity index (χ4v) is 2.41. The van der Waals surface area contributed by atoms with Crippen LogP contribution >= 0.6 is 12.4 Å². The number of hydrogen-bond donors (Lipinski definition) is 2. The molecule has 2 unspecified atom stereocenters. The van der Waals surface area contributed by atoms with Crippen LogP contribution < -0.4 is 15.8 Å². The molecule has 0 aromatic heterocycles. The first-order valence-corrected chi connectivity index (χ1v) is 6.96. The number of para-hydroxylation sites is 1. The highest BCUT2D eigenvalue weighted by Gasteiger charge is 2.21. The van der Waals surface area contributed by atoms with E-state index in [1.165, 1.54) is 5.56 Å². The van der Waals surface area contributed by atoms with Crippen molar-refractivity contribution >= 4 is 18.3 Å². The molecule has 0 bridgehead atoms. The number of carbonyl (C=O) groups excluding carboxylic acids is 1. The second-order valence-corrected chi connectivity index (χ2v) is 4.97. The van der Waals surface area contributed by atoms with Crippen LogP contribution in [0.5, 0.6) is 5.75 Å². The Kier molecular flexibility index (Phi) is 7.50. The predicted octanol–water partition coefficient (Wildman–Crippen LogP) is 1.45. The molecule has 2 atom stereocenters. The van der Waals surface area contributed by atoms with Crippen molar-refractivity contribution in [1.29, 1.82) is 0 Å². The van der Waals surface area contributed by atoms with Crippen LogP contribution in [-0.2, 0) is 9.53 Å². The van der Waals surface area contributed by atoms with Crippen LogP contribution in [0.2, 0.25) is 0 Å². The Balaban J connectivity index is 0.00000220. The number of amides is 1. The highest BCUT2D eigenvalue weighted by molar-refractivity contribution is 5.85. The van der Waals surface area contributed by atoms with Crippen molar-refractivity contribution in [3.8, 4) is 5.75 Å². The summed E-state index contributed by atoms with van der Waals surface area (Å²) in [5.41, 5.74) is 6.68. The quantitative estimate of drug-likeness (QED) is 0.833. The molecule has 1 aliphatic heterocycles. The van der Waals surface area contributed by atoms with Gasteiger partial charge in [0.05, 0.1) is 19.1 Å². The van der Waals surface area contributed by atoms with Gasteiger partial charge in [-0.1, -0.05) is 18.2 Å². The molecule has 1 heterocycles. The Morgan fingerprint density at radius 3 is 3.00 bits per heavy atom. The predicted molar refractivity (Wildman–Crippen MR) is 84.0 cm³/mol. The molecule has 1 aromatic carbocycles. The van der Waals surface area contributed by atoms with E-state index in [0.29, 0.717) is 32.0 Å². The zero-order valence-electron chi connectivity index (χ0n) is 12.2. The van der Waals surface area contributed by atoms with Crippen molar-refractivity contribution in [2.45, 2.75) is 24.9 Å². The van der Waals surface area contributed by atoms with E-state index in [0.717, 1.165) is 12.2 Å². The molecule has 0 saturated heterocycles. The number of carbonyl (C=O) groups is 1. The largest absolute Gasteiger partial charge is 0.493 e. The van der Waals surface area contributed by atoms with E-state index in [-0.39, 0.29) is 24.4 Å². The van der Waals surface area contributed by atoms with Crippen LogP contribution in [0.4, 0.5) is 0 Å². The summed E-state index contributed by atoms with van der Waals surface area (Å²) in [5.74, 6) is 1.21. The highest BCUT2D eigenvalue weighted by atomic mass is 35.5. The van der Waals surface area contributed by atoms with Crippen LogP contribution in [0.1, 0.15) is 24.3 Å². The lowest BCUT2D eigenvalue weighted by Gasteiger charge is -2.26.